The molecule has 0 aromatic rings. The second-order valence-electron chi connectivity index (χ2n) is 8.75. The maximum Gasteiger partial charge on any atom is 0.305 e. The topological polar surface area (TPSA) is 46.5 Å². The molecule has 0 unspecified atom stereocenters. The first-order valence-electron chi connectivity index (χ1n) is 11.2. The third-order valence-corrected chi connectivity index (χ3v) is 4.78. The van der Waals surface area contributed by atoms with Crippen LogP contribution in [-0.2, 0) is 9.53 Å². The van der Waals surface area contributed by atoms with Gasteiger partial charge >= 0.3 is 5.97 Å². The van der Waals surface area contributed by atoms with Crippen molar-refractivity contribution in [2.24, 2.45) is 0 Å². The van der Waals surface area contributed by atoms with E-state index in [0.29, 0.717) is 18.8 Å². The van der Waals surface area contributed by atoms with Crippen LogP contribution in [0.25, 0.3) is 0 Å². The van der Waals surface area contributed by atoms with E-state index in [1.165, 1.54) is 51.4 Å². The molecule has 0 aromatic heterocycles. The second-order valence-corrected chi connectivity index (χ2v) is 8.75. The van der Waals surface area contributed by atoms with Crippen molar-refractivity contribution in [3.8, 4) is 0 Å². The van der Waals surface area contributed by atoms with E-state index in [1.54, 1.807) is 0 Å². The zero-order valence-corrected chi connectivity index (χ0v) is 18.6. The molecule has 0 amide bonds. The van der Waals surface area contributed by atoms with Crippen molar-refractivity contribution >= 4 is 5.97 Å². The molecule has 0 aliphatic heterocycles. The van der Waals surface area contributed by atoms with Crippen LogP contribution in [0.1, 0.15) is 96.8 Å². The third kappa shape index (κ3) is 21.1. The Morgan fingerprint density at radius 3 is 1.96 bits per heavy atom. The maximum atomic E-state index is 11.6. The molecule has 0 aliphatic rings. The molecule has 0 rings (SSSR count). The highest BCUT2D eigenvalue weighted by Gasteiger charge is 2.09. The molecular formula is C23H46NO3+. The summed E-state index contributed by atoms with van der Waals surface area (Å²) in [5.74, 6) is 0.533. The Kier molecular flexibility index (Phi) is 16.4. The molecule has 0 aliphatic carbocycles. The number of aliphatic hydroxyl groups excluding tert-OH is 1. The Labute approximate surface area is 168 Å². The van der Waals surface area contributed by atoms with Crippen LogP contribution in [0.15, 0.2) is 11.8 Å². The van der Waals surface area contributed by atoms with Gasteiger partial charge in [0.05, 0.1) is 26.9 Å². The minimum Gasteiger partial charge on any atom is -0.513 e. The summed E-state index contributed by atoms with van der Waals surface area (Å²) in [5, 5.41) is 9.81. The molecule has 0 radical (unpaired) electrons. The Morgan fingerprint density at radius 2 is 1.41 bits per heavy atom. The van der Waals surface area contributed by atoms with Crippen LogP contribution < -0.4 is 0 Å². The number of quaternary nitrogens is 1. The van der Waals surface area contributed by atoms with Crippen molar-refractivity contribution < 1.29 is 19.1 Å². The van der Waals surface area contributed by atoms with E-state index in [-0.39, 0.29) is 5.97 Å². The van der Waals surface area contributed by atoms with Crippen molar-refractivity contribution in [2.45, 2.75) is 96.8 Å². The highest BCUT2D eigenvalue weighted by molar-refractivity contribution is 5.69. The fourth-order valence-corrected chi connectivity index (χ4v) is 2.91. The SMILES string of the molecule is CCCCCC=C(O)CCCCCCCCCCC(=O)OCC[N+](C)(C)C. The van der Waals surface area contributed by atoms with Crippen molar-refractivity contribution in [1.29, 1.82) is 0 Å². The van der Waals surface area contributed by atoms with Crippen LogP contribution in [0.2, 0.25) is 0 Å². The van der Waals surface area contributed by atoms with Crippen LogP contribution in [0, 0.1) is 0 Å². The molecule has 0 fully saturated rings. The fourth-order valence-electron chi connectivity index (χ4n) is 2.91. The summed E-state index contributed by atoms with van der Waals surface area (Å²) in [5.41, 5.74) is 0. The average Bonchev–Trinajstić information content (AvgIpc) is 2.59. The van der Waals surface area contributed by atoms with Gasteiger partial charge in [0.2, 0.25) is 0 Å². The molecule has 0 bridgehead atoms. The molecule has 0 atom stereocenters. The number of hydrogen-bond donors (Lipinski definition) is 1. The Hall–Kier alpha value is -1.03. The molecule has 4 heteroatoms. The van der Waals surface area contributed by atoms with Gasteiger partial charge in [0.25, 0.3) is 0 Å². The first kappa shape index (κ1) is 26.0. The fraction of sp³-hybridized carbons (Fsp3) is 0.870. The van der Waals surface area contributed by atoms with E-state index in [0.717, 1.165) is 43.1 Å². The van der Waals surface area contributed by atoms with Gasteiger partial charge in [0, 0.05) is 12.8 Å². The molecule has 0 aromatic carbocycles. The largest absolute Gasteiger partial charge is 0.513 e. The number of rotatable bonds is 18. The lowest BCUT2D eigenvalue weighted by molar-refractivity contribution is -0.870. The van der Waals surface area contributed by atoms with Gasteiger partial charge in [0.1, 0.15) is 13.2 Å². The number of carbonyl (C=O) groups excluding carboxylic acids is 1. The summed E-state index contributed by atoms with van der Waals surface area (Å²) in [6, 6.07) is 0. The summed E-state index contributed by atoms with van der Waals surface area (Å²) in [4.78, 5) is 11.6. The normalized spacial score (nSPS) is 12.4. The van der Waals surface area contributed by atoms with Crippen LogP contribution >= 0.6 is 0 Å². The van der Waals surface area contributed by atoms with Gasteiger partial charge in [-0.3, -0.25) is 4.79 Å². The van der Waals surface area contributed by atoms with Crippen molar-refractivity contribution in [2.75, 3.05) is 34.3 Å². The molecule has 1 N–H and O–H groups in total. The van der Waals surface area contributed by atoms with E-state index < -0.39 is 0 Å². The van der Waals surface area contributed by atoms with E-state index >= 15 is 0 Å². The molecule has 160 valence electrons. The van der Waals surface area contributed by atoms with Gasteiger partial charge < -0.3 is 14.3 Å². The van der Waals surface area contributed by atoms with Gasteiger partial charge in [-0.05, 0) is 31.8 Å². The number of esters is 1. The minimum atomic E-state index is -0.0500. The molecule has 27 heavy (non-hydrogen) atoms. The third-order valence-electron chi connectivity index (χ3n) is 4.78. The number of unbranched alkanes of at least 4 members (excludes halogenated alkanes) is 10. The highest BCUT2D eigenvalue weighted by atomic mass is 16.5. The number of carbonyl (C=O) groups is 1. The van der Waals surface area contributed by atoms with Crippen LogP contribution in [0.3, 0.4) is 0 Å². The quantitative estimate of drug-likeness (QED) is 0.133. The zero-order valence-electron chi connectivity index (χ0n) is 18.6. The summed E-state index contributed by atoms with van der Waals surface area (Å²) >= 11 is 0. The van der Waals surface area contributed by atoms with E-state index in [2.05, 4.69) is 28.1 Å². The van der Waals surface area contributed by atoms with Gasteiger partial charge in [-0.15, -0.1) is 0 Å². The van der Waals surface area contributed by atoms with Crippen molar-refractivity contribution in [3.63, 3.8) is 0 Å². The van der Waals surface area contributed by atoms with E-state index in [1.807, 2.05) is 6.08 Å². The summed E-state index contributed by atoms with van der Waals surface area (Å²) in [6.45, 7) is 3.58. The van der Waals surface area contributed by atoms with Crippen molar-refractivity contribution in [3.05, 3.63) is 11.8 Å². The average molecular weight is 385 g/mol. The number of likely N-dealkylation sites (N-methyl/N-ethyl adjacent to an activating group) is 1. The van der Waals surface area contributed by atoms with E-state index in [4.69, 9.17) is 4.74 Å². The van der Waals surface area contributed by atoms with Crippen LogP contribution in [0.4, 0.5) is 0 Å². The number of nitrogens with zero attached hydrogens (tertiary/aromatic N) is 1. The second kappa shape index (κ2) is 17.1. The zero-order chi connectivity index (χ0) is 20.4. The number of allylic oxidation sites excluding steroid dienone is 2. The molecular weight excluding hydrogens is 338 g/mol. The Morgan fingerprint density at radius 1 is 0.852 bits per heavy atom. The first-order valence-corrected chi connectivity index (χ1v) is 11.2. The summed E-state index contributed by atoms with van der Waals surface area (Å²) in [7, 11) is 6.30. The smallest absolute Gasteiger partial charge is 0.305 e. The molecule has 0 spiro atoms. The lowest BCUT2D eigenvalue weighted by Gasteiger charge is -2.23. The van der Waals surface area contributed by atoms with E-state index in [9.17, 15) is 9.90 Å². The monoisotopic (exact) mass is 384 g/mol. The number of aliphatic hydroxyl groups is 1. The Bertz CT molecular complexity index is 386. The number of ether oxygens (including phenoxy) is 1. The highest BCUT2D eigenvalue weighted by Crippen LogP contribution is 2.13. The predicted octanol–water partition coefficient (Wildman–Crippen LogP) is 6.16. The maximum absolute atomic E-state index is 11.6. The van der Waals surface area contributed by atoms with Crippen LogP contribution in [0.5, 0.6) is 0 Å². The summed E-state index contributed by atoms with van der Waals surface area (Å²) < 4.78 is 6.09. The van der Waals surface area contributed by atoms with Gasteiger partial charge in [-0.2, -0.15) is 0 Å². The van der Waals surface area contributed by atoms with Gasteiger partial charge in [0.15, 0.2) is 0 Å². The van der Waals surface area contributed by atoms with Crippen molar-refractivity contribution in [1.82, 2.24) is 0 Å². The first-order chi connectivity index (χ1) is 12.8. The molecule has 0 saturated heterocycles. The molecule has 0 heterocycles. The number of hydrogen-bond acceptors (Lipinski definition) is 3. The lowest BCUT2D eigenvalue weighted by atomic mass is 10.1. The Balaban J connectivity index is 3.34. The molecule has 0 saturated carbocycles. The van der Waals surface area contributed by atoms with Crippen LogP contribution in [-0.4, -0.2) is 49.9 Å². The van der Waals surface area contributed by atoms with Gasteiger partial charge in [-0.25, -0.2) is 0 Å². The summed E-state index contributed by atoms with van der Waals surface area (Å²) in [6.07, 6.45) is 17.4. The van der Waals surface area contributed by atoms with Gasteiger partial charge in [-0.1, -0.05) is 58.3 Å². The standard InChI is InChI=1S/C23H45NO3/c1-5-6-7-14-17-22(25)18-15-12-10-8-9-11-13-16-19-23(26)27-21-20-24(2,3)4/h17H,5-16,18-21H2,1-4H3/p+1. The lowest BCUT2D eigenvalue weighted by Crippen LogP contribution is -2.37. The predicted molar refractivity (Wildman–Crippen MR) is 115 cm³/mol. The minimum absolute atomic E-state index is 0.0500. The molecule has 4 nitrogen and oxygen atoms in total.